The fraction of sp³-hybridized carbons (Fsp3) is 0.235. The van der Waals surface area contributed by atoms with Gasteiger partial charge in [0.15, 0.2) is 0 Å². The van der Waals surface area contributed by atoms with Crippen LogP contribution in [0.3, 0.4) is 0 Å². The highest BCUT2D eigenvalue weighted by Crippen LogP contribution is 2.37. The van der Waals surface area contributed by atoms with Gasteiger partial charge in [-0.2, -0.15) is 18.3 Å². The van der Waals surface area contributed by atoms with Gasteiger partial charge in [0.05, 0.1) is 11.3 Å². The van der Waals surface area contributed by atoms with Crippen LogP contribution in [0.1, 0.15) is 23.6 Å². The lowest BCUT2D eigenvalue weighted by Gasteiger charge is -2.21. The molecule has 1 aliphatic heterocycles. The molecule has 26 heavy (non-hydrogen) atoms. The summed E-state index contributed by atoms with van der Waals surface area (Å²) in [5.74, 6) is -0.622. The van der Waals surface area contributed by atoms with Crippen molar-refractivity contribution in [1.29, 1.82) is 0 Å². The van der Waals surface area contributed by atoms with E-state index in [-0.39, 0.29) is 16.8 Å². The number of halogens is 4. The third-order valence-electron chi connectivity index (χ3n) is 3.87. The minimum atomic E-state index is -4.72. The Labute approximate surface area is 145 Å². The molecule has 1 N–H and O–H groups in total. The van der Waals surface area contributed by atoms with Gasteiger partial charge in [-0.3, -0.25) is 4.98 Å². The molecule has 0 spiro atoms. The van der Waals surface area contributed by atoms with Crippen molar-refractivity contribution < 1.29 is 27.1 Å². The topological polar surface area (TPSA) is 63.6 Å². The number of hydrazone groups is 1. The minimum Gasteiger partial charge on any atom is -0.439 e. The number of benzene rings is 1. The standard InChI is InChI=1S/C17H13F4N3O2/c1-8-3-4-10(6-13(8)18)15-12(17(19,20)21)5-11(7-22-15)14-9(2)26-16(25)24-23-14/h3-7,9H,1-2H3,(H,24,25). The van der Waals surface area contributed by atoms with Crippen molar-refractivity contribution in [2.45, 2.75) is 26.1 Å². The average Bonchev–Trinajstić information content (AvgIpc) is 2.56. The van der Waals surface area contributed by atoms with Crippen molar-refractivity contribution in [3.8, 4) is 11.3 Å². The van der Waals surface area contributed by atoms with Crippen LogP contribution in [0.15, 0.2) is 35.6 Å². The van der Waals surface area contributed by atoms with Gasteiger partial charge in [0.25, 0.3) is 0 Å². The number of amides is 1. The van der Waals surface area contributed by atoms with Crippen LogP contribution in [0.2, 0.25) is 0 Å². The second-order valence-electron chi connectivity index (χ2n) is 5.74. The maximum atomic E-state index is 13.8. The predicted octanol–water partition coefficient (Wildman–Crippen LogP) is 4.05. The van der Waals surface area contributed by atoms with E-state index in [1.54, 1.807) is 0 Å². The van der Waals surface area contributed by atoms with E-state index in [2.05, 4.69) is 10.1 Å². The van der Waals surface area contributed by atoms with E-state index in [4.69, 9.17) is 4.74 Å². The molecule has 2 heterocycles. The first-order valence-electron chi connectivity index (χ1n) is 7.55. The Bertz CT molecular complexity index is 909. The monoisotopic (exact) mass is 367 g/mol. The lowest BCUT2D eigenvalue weighted by atomic mass is 9.99. The van der Waals surface area contributed by atoms with E-state index < -0.39 is 35.4 Å². The number of aryl methyl sites for hydroxylation is 1. The molecule has 1 atom stereocenters. The van der Waals surface area contributed by atoms with Crippen molar-refractivity contribution in [3.63, 3.8) is 0 Å². The molecule has 1 aromatic heterocycles. The molecule has 0 radical (unpaired) electrons. The first-order chi connectivity index (χ1) is 12.2. The van der Waals surface area contributed by atoms with Crippen LogP contribution in [0.25, 0.3) is 11.3 Å². The Morgan fingerprint density at radius 3 is 2.54 bits per heavy atom. The molecule has 9 heteroatoms. The summed E-state index contributed by atoms with van der Waals surface area (Å²) >= 11 is 0. The molecule has 0 saturated carbocycles. The fourth-order valence-electron chi connectivity index (χ4n) is 2.53. The van der Waals surface area contributed by atoms with E-state index in [1.165, 1.54) is 32.2 Å². The second kappa shape index (κ2) is 6.40. The van der Waals surface area contributed by atoms with Crippen molar-refractivity contribution in [2.75, 3.05) is 0 Å². The highest BCUT2D eigenvalue weighted by molar-refractivity contribution is 6.05. The van der Waals surface area contributed by atoms with Crippen molar-refractivity contribution >= 4 is 11.8 Å². The Morgan fingerprint density at radius 1 is 1.19 bits per heavy atom. The lowest BCUT2D eigenvalue weighted by Crippen LogP contribution is -2.37. The number of ether oxygens (including phenoxy) is 1. The molecule has 1 aromatic carbocycles. The number of hydrogen-bond donors (Lipinski definition) is 1. The van der Waals surface area contributed by atoms with Crippen molar-refractivity contribution in [3.05, 3.63) is 53.0 Å². The van der Waals surface area contributed by atoms with Crippen LogP contribution in [0, 0.1) is 12.7 Å². The number of nitrogens with zero attached hydrogens (tertiary/aromatic N) is 2. The Morgan fingerprint density at radius 2 is 1.92 bits per heavy atom. The molecule has 1 unspecified atom stereocenters. The molecular weight excluding hydrogens is 354 g/mol. The first-order valence-corrected chi connectivity index (χ1v) is 7.55. The van der Waals surface area contributed by atoms with Gasteiger partial charge in [-0.25, -0.2) is 14.6 Å². The molecule has 5 nitrogen and oxygen atoms in total. The van der Waals surface area contributed by atoms with Gasteiger partial charge < -0.3 is 4.74 Å². The van der Waals surface area contributed by atoms with Crippen LogP contribution < -0.4 is 5.43 Å². The number of cyclic esters (lactones) is 1. The number of nitrogens with one attached hydrogen (secondary N) is 1. The van der Waals surface area contributed by atoms with E-state index in [0.29, 0.717) is 5.56 Å². The Kier molecular flexibility index (Phi) is 4.39. The number of rotatable bonds is 2. The minimum absolute atomic E-state index is 0.00941. The average molecular weight is 367 g/mol. The normalized spacial score (nSPS) is 17.4. The summed E-state index contributed by atoms with van der Waals surface area (Å²) in [5, 5.41) is 3.74. The predicted molar refractivity (Wildman–Crippen MR) is 85.0 cm³/mol. The summed E-state index contributed by atoms with van der Waals surface area (Å²) in [7, 11) is 0. The summed E-state index contributed by atoms with van der Waals surface area (Å²) in [6.07, 6.45) is -5.17. The first kappa shape index (κ1) is 17.8. The number of carbonyl (C=O) groups is 1. The lowest BCUT2D eigenvalue weighted by molar-refractivity contribution is -0.137. The van der Waals surface area contributed by atoms with E-state index in [0.717, 1.165) is 12.1 Å². The van der Waals surface area contributed by atoms with Gasteiger partial charge in [-0.15, -0.1) is 0 Å². The van der Waals surface area contributed by atoms with E-state index in [1.807, 2.05) is 5.43 Å². The maximum absolute atomic E-state index is 13.8. The number of hydrogen-bond acceptors (Lipinski definition) is 4. The van der Waals surface area contributed by atoms with E-state index in [9.17, 15) is 22.4 Å². The van der Waals surface area contributed by atoms with Crippen LogP contribution >= 0.6 is 0 Å². The molecular formula is C17H13F4N3O2. The highest BCUT2D eigenvalue weighted by Gasteiger charge is 2.36. The molecule has 0 aliphatic carbocycles. The van der Waals surface area contributed by atoms with Crippen LogP contribution in [0.5, 0.6) is 0 Å². The van der Waals surface area contributed by atoms with Crippen molar-refractivity contribution in [2.24, 2.45) is 5.10 Å². The quantitative estimate of drug-likeness (QED) is 0.815. The summed E-state index contributed by atoms with van der Waals surface area (Å²) in [5.41, 5.74) is 1.09. The third-order valence-corrected chi connectivity index (χ3v) is 3.87. The zero-order valence-corrected chi connectivity index (χ0v) is 13.7. The summed E-state index contributed by atoms with van der Waals surface area (Å²) < 4.78 is 59.3. The van der Waals surface area contributed by atoms with Gasteiger partial charge >= 0.3 is 12.3 Å². The Hall–Kier alpha value is -2.97. The van der Waals surface area contributed by atoms with Gasteiger partial charge in [0.1, 0.15) is 17.6 Å². The zero-order valence-electron chi connectivity index (χ0n) is 13.7. The molecule has 2 aromatic rings. The summed E-state index contributed by atoms with van der Waals surface area (Å²) in [6, 6.07) is 4.63. The van der Waals surface area contributed by atoms with Gasteiger partial charge in [-0.1, -0.05) is 12.1 Å². The second-order valence-corrected chi connectivity index (χ2v) is 5.74. The number of carbonyl (C=O) groups excluding carboxylic acids is 1. The number of alkyl halides is 3. The molecule has 0 bridgehead atoms. The molecule has 1 aliphatic rings. The highest BCUT2D eigenvalue weighted by atomic mass is 19.4. The number of aromatic nitrogens is 1. The molecule has 0 fully saturated rings. The third kappa shape index (κ3) is 3.37. The van der Waals surface area contributed by atoms with E-state index >= 15 is 0 Å². The molecule has 136 valence electrons. The largest absolute Gasteiger partial charge is 0.439 e. The van der Waals surface area contributed by atoms with Gasteiger partial charge in [-0.05, 0) is 31.5 Å². The van der Waals surface area contributed by atoms with Gasteiger partial charge in [0.2, 0.25) is 0 Å². The van der Waals surface area contributed by atoms with Crippen LogP contribution in [-0.4, -0.2) is 22.9 Å². The summed E-state index contributed by atoms with van der Waals surface area (Å²) in [4.78, 5) is 15.0. The SMILES string of the molecule is Cc1ccc(-c2ncc(C3=NNC(=O)OC3C)cc2C(F)(F)F)cc1F. The van der Waals surface area contributed by atoms with Crippen LogP contribution in [0.4, 0.5) is 22.4 Å². The van der Waals surface area contributed by atoms with Crippen molar-refractivity contribution in [1.82, 2.24) is 10.4 Å². The van der Waals surface area contributed by atoms with Crippen LogP contribution in [-0.2, 0) is 10.9 Å². The Balaban J connectivity index is 2.13. The fourth-order valence-corrected chi connectivity index (χ4v) is 2.53. The van der Waals surface area contributed by atoms with Gasteiger partial charge in [0, 0.05) is 17.3 Å². The molecule has 0 saturated heterocycles. The maximum Gasteiger partial charge on any atom is 0.428 e. The summed E-state index contributed by atoms with van der Waals surface area (Å²) in [6.45, 7) is 2.99. The smallest absolute Gasteiger partial charge is 0.428 e. The number of pyridine rings is 1. The molecule has 3 rings (SSSR count). The molecule has 1 amide bonds. The zero-order chi connectivity index (χ0) is 19.1.